The van der Waals surface area contributed by atoms with Gasteiger partial charge in [0.2, 0.25) is 17.7 Å². The molecule has 0 aliphatic carbocycles. The van der Waals surface area contributed by atoms with E-state index in [4.69, 9.17) is 0 Å². The second-order valence-corrected chi connectivity index (χ2v) is 6.55. The maximum Gasteiger partial charge on any atom is 0.229 e. The Hall–Kier alpha value is -3.03. The molecule has 1 atom stereocenters. The minimum absolute atomic E-state index is 0.0625. The number of halogens is 1. The number of hydrogen-bond donors (Lipinski definition) is 1. The Labute approximate surface area is 156 Å². The number of nitrogens with zero attached hydrogens (tertiary/aromatic N) is 3. The first-order chi connectivity index (χ1) is 12.9. The van der Waals surface area contributed by atoms with Crippen LogP contribution in [0.3, 0.4) is 0 Å². The van der Waals surface area contributed by atoms with Crippen molar-refractivity contribution < 1.29 is 18.8 Å². The van der Waals surface area contributed by atoms with Crippen LogP contribution in [0.2, 0.25) is 0 Å². The van der Waals surface area contributed by atoms with Gasteiger partial charge in [0.05, 0.1) is 17.9 Å². The Morgan fingerprint density at radius 1 is 1.22 bits per heavy atom. The zero-order chi connectivity index (χ0) is 19.6. The number of carbonyl (C=O) groups excluding carboxylic acids is 3. The Kier molecular flexibility index (Phi) is 5.34. The van der Waals surface area contributed by atoms with E-state index in [1.807, 2.05) is 13.8 Å². The van der Waals surface area contributed by atoms with Crippen molar-refractivity contribution in [1.82, 2.24) is 20.0 Å². The molecule has 0 saturated carbocycles. The molecule has 3 amide bonds. The number of nitrogens with one attached hydrogen (secondary N) is 1. The average molecular weight is 372 g/mol. The number of benzene rings is 1. The molecule has 3 rings (SSSR count). The molecule has 0 radical (unpaired) electrons. The highest BCUT2D eigenvalue weighted by atomic mass is 19.1. The van der Waals surface area contributed by atoms with Crippen molar-refractivity contribution in [3.63, 3.8) is 0 Å². The lowest BCUT2D eigenvalue weighted by atomic mass is 10.1. The number of hydrogen-bond acceptors (Lipinski definition) is 4. The number of rotatable bonds is 6. The summed E-state index contributed by atoms with van der Waals surface area (Å²) in [6.45, 7) is 3.81. The maximum absolute atomic E-state index is 13.1. The highest BCUT2D eigenvalue weighted by Crippen LogP contribution is 2.20. The predicted molar refractivity (Wildman–Crippen MR) is 95.4 cm³/mol. The lowest BCUT2D eigenvalue weighted by Gasteiger charge is -2.16. The van der Waals surface area contributed by atoms with Gasteiger partial charge in [-0.05, 0) is 38.1 Å². The first kappa shape index (κ1) is 18.8. The van der Waals surface area contributed by atoms with Crippen molar-refractivity contribution in [2.75, 3.05) is 6.54 Å². The topological polar surface area (TPSA) is 84.3 Å². The first-order valence-electron chi connectivity index (χ1n) is 8.80. The van der Waals surface area contributed by atoms with Gasteiger partial charge in [0.25, 0.3) is 0 Å². The van der Waals surface area contributed by atoms with E-state index in [1.165, 1.54) is 12.1 Å². The summed E-state index contributed by atoms with van der Waals surface area (Å²) in [4.78, 5) is 36.5. The largest absolute Gasteiger partial charge is 0.349 e. The van der Waals surface area contributed by atoms with Crippen molar-refractivity contribution >= 4 is 17.7 Å². The molecule has 27 heavy (non-hydrogen) atoms. The molecular weight excluding hydrogens is 351 g/mol. The Balaban J connectivity index is 1.61. The molecule has 1 saturated heterocycles. The predicted octanol–water partition coefficient (Wildman–Crippen LogP) is 2.04. The summed E-state index contributed by atoms with van der Waals surface area (Å²) in [5.74, 6) is -1.02. The molecule has 1 unspecified atom stereocenters. The normalized spacial score (nSPS) is 15.3. The van der Waals surface area contributed by atoms with Gasteiger partial charge < -0.3 is 5.32 Å². The molecule has 2 aromatic rings. The smallest absolute Gasteiger partial charge is 0.229 e. The summed E-state index contributed by atoms with van der Waals surface area (Å²) in [6, 6.07) is 5.69. The monoisotopic (exact) mass is 372 g/mol. The van der Waals surface area contributed by atoms with Gasteiger partial charge in [0, 0.05) is 37.1 Å². The Morgan fingerprint density at radius 2 is 1.85 bits per heavy atom. The number of imide groups is 1. The van der Waals surface area contributed by atoms with E-state index in [0.29, 0.717) is 0 Å². The van der Waals surface area contributed by atoms with Crippen LogP contribution >= 0.6 is 0 Å². The Morgan fingerprint density at radius 3 is 2.48 bits per heavy atom. The van der Waals surface area contributed by atoms with Crippen LogP contribution < -0.4 is 5.32 Å². The molecule has 1 aromatic carbocycles. The summed E-state index contributed by atoms with van der Waals surface area (Å²) in [5, 5.41) is 7.18. The van der Waals surface area contributed by atoms with Crippen molar-refractivity contribution in [3.8, 4) is 5.69 Å². The van der Waals surface area contributed by atoms with Crippen molar-refractivity contribution in [1.29, 1.82) is 0 Å². The highest BCUT2D eigenvalue weighted by Gasteiger charge is 2.29. The van der Waals surface area contributed by atoms with Crippen molar-refractivity contribution in [2.45, 2.75) is 39.2 Å². The zero-order valence-electron chi connectivity index (χ0n) is 15.2. The summed E-state index contributed by atoms with van der Waals surface area (Å²) < 4.78 is 14.8. The summed E-state index contributed by atoms with van der Waals surface area (Å²) >= 11 is 0. The lowest BCUT2D eigenvalue weighted by molar-refractivity contribution is -0.138. The van der Waals surface area contributed by atoms with Crippen molar-refractivity contribution in [2.24, 2.45) is 0 Å². The molecule has 2 heterocycles. The molecule has 1 aromatic heterocycles. The SMILES string of the molecule is Cc1c(C(C)NC(=O)CCN2C(=O)CCC2=O)cnn1-c1ccc(F)cc1. The molecule has 8 heteroatoms. The van der Waals surface area contributed by atoms with Gasteiger partial charge in [-0.1, -0.05) is 0 Å². The third-order valence-electron chi connectivity index (χ3n) is 4.68. The zero-order valence-corrected chi connectivity index (χ0v) is 15.2. The molecule has 0 bridgehead atoms. The number of carbonyl (C=O) groups is 3. The highest BCUT2D eigenvalue weighted by molar-refractivity contribution is 6.02. The van der Waals surface area contributed by atoms with Gasteiger partial charge in [0.15, 0.2) is 0 Å². The molecular formula is C19H21FN4O3. The third kappa shape index (κ3) is 4.05. The van der Waals surface area contributed by atoms with Crippen LogP contribution in [0.15, 0.2) is 30.5 Å². The fourth-order valence-electron chi connectivity index (χ4n) is 3.17. The fourth-order valence-corrected chi connectivity index (χ4v) is 3.17. The molecule has 1 fully saturated rings. The quantitative estimate of drug-likeness (QED) is 0.787. The average Bonchev–Trinajstić information content (AvgIpc) is 3.16. The molecule has 1 aliphatic rings. The van der Waals surface area contributed by atoms with E-state index in [0.717, 1.165) is 21.8 Å². The van der Waals surface area contributed by atoms with E-state index in [2.05, 4.69) is 10.4 Å². The third-order valence-corrected chi connectivity index (χ3v) is 4.68. The standard InChI is InChI=1S/C19H21FN4O3/c1-12(22-17(25)9-10-23-18(26)7-8-19(23)27)16-11-21-24(13(16)2)15-5-3-14(20)4-6-15/h3-6,11-12H,7-10H2,1-2H3,(H,22,25). The van der Waals surface area contributed by atoms with Gasteiger partial charge in [-0.15, -0.1) is 0 Å². The van der Waals surface area contributed by atoms with Crippen LogP contribution in [0.1, 0.15) is 43.5 Å². The minimum atomic E-state index is -0.320. The van der Waals surface area contributed by atoms with Crippen LogP contribution in [0.5, 0.6) is 0 Å². The second-order valence-electron chi connectivity index (χ2n) is 6.55. The van der Waals surface area contributed by atoms with Crippen LogP contribution in [0, 0.1) is 12.7 Å². The van der Waals surface area contributed by atoms with Crippen LogP contribution in [-0.2, 0) is 14.4 Å². The van der Waals surface area contributed by atoms with Gasteiger partial charge >= 0.3 is 0 Å². The maximum atomic E-state index is 13.1. The molecule has 1 aliphatic heterocycles. The van der Waals surface area contributed by atoms with E-state index in [9.17, 15) is 18.8 Å². The van der Waals surface area contributed by atoms with Crippen LogP contribution in [0.25, 0.3) is 5.69 Å². The first-order valence-corrected chi connectivity index (χ1v) is 8.80. The molecule has 1 N–H and O–H groups in total. The van der Waals surface area contributed by atoms with E-state index < -0.39 is 0 Å². The lowest BCUT2D eigenvalue weighted by Crippen LogP contribution is -2.35. The number of amides is 3. The number of likely N-dealkylation sites (tertiary alicyclic amines) is 1. The van der Waals surface area contributed by atoms with Crippen LogP contribution in [0.4, 0.5) is 4.39 Å². The van der Waals surface area contributed by atoms with Gasteiger partial charge in [0.1, 0.15) is 5.82 Å². The van der Waals surface area contributed by atoms with Gasteiger partial charge in [-0.3, -0.25) is 19.3 Å². The second kappa shape index (κ2) is 7.69. The van der Waals surface area contributed by atoms with E-state index >= 15 is 0 Å². The van der Waals surface area contributed by atoms with E-state index in [1.54, 1.807) is 23.0 Å². The van der Waals surface area contributed by atoms with E-state index in [-0.39, 0.29) is 55.4 Å². The van der Waals surface area contributed by atoms with Gasteiger partial charge in [-0.25, -0.2) is 9.07 Å². The molecule has 142 valence electrons. The molecule has 0 spiro atoms. The van der Waals surface area contributed by atoms with Crippen LogP contribution in [-0.4, -0.2) is 38.9 Å². The summed E-state index contributed by atoms with van der Waals surface area (Å²) in [7, 11) is 0. The summed E-state index contributed by atoms with van der Waals surface area (Å²) in [6.07, 6.45) is 2.17. The minimum Gasteiger partial charge on any atom is -0.349 e. The van der Waals surface area contributed by atoms with Gasteiger partial charge in [-0.2, -0.15) is 5.10 Å². The molecule has 7 nitrogen and oxygen atoms in total. The summed E-state index contributed by atoms with van der Waals surface area (Å²) in [5.41, 5.74) is 2.39. The number of aromatic nitrogens is 2. The van der Waals surface area contributed by atoms with Crippen molar-refractivity contribution in [3.05, 3.63) is 47.5 Å². The Bertz CT molecular complexity index is 860. The fraction of sp³-hybridized carbons (Fsp3) is 0.368.